The Labute approximate surface area is 193 Å². The molecule has 164 valence electrons. The van der Waals surface area contributed by atoms with Crippen LogP contribution in [0.25, 0.3) is 0 Å². The van der Waals surface area contributed by atoms with Crippen LogP contribution in [-0.2, 0) is 13.0 Å². The molecule has 0 saturated carbocycles. The van der Waals surface area contributed by atoms with Crippen molar-refractivity contribution in [2.75, 3.05) is 5.01 Å². The van der Waals surface area contributed by atoms with Gasteiger partial charge in [0.1, 0.15) is 17.0 Å². The second-order valence-electron chi connectivity index (χ2n) is 7.96. The second-order valence-corrected chi connectivity index (χ2v) is 9.90. The maximum atomic E-state index is 11.8. The number of nitro groups is 1. The average Bonchev–Trinajstić information content (AvgIpc) is 3.45. The Morgan fingerprint density at radius 1 is 1.19 bits per heavy atom. The predicted molar refractivity (Wildman–Crippen MR) is 125 cm³/mol. The van der Waals surface area contributed by atoms with Gasteiger partial charge in [-0.05, 0) is 34.9 Å². The molecule has 0 bridgehead atoms. The Bertz CT molecular complexity index is 1200. The summed E-state index contributed by atoms with van der Waals surface area (Å²) in [7, 11) is 0. The fourth-order valence-corrected chi connectivity index (χ4v) is 5.93. The highest BCUT2D eigenvalue weighted by Crippen LogP contribution is 2.52. The lowest BCUT2D eigenvalue weighted by Gasteiger charge is -2.26. The number of hydrogen-bond acceptors (Lipinski definition) is 8. The molecule has 5 rings (SSSR count). The number of ether oxygens (including phenoxy) is 1. The molecule has 32 heavy (non-hydrogen) atoms. The van der Waals surface area contributed by atoms with E-state index in [2.05, 4.69) is 34.5 Å². The van der Waals surface area contributed by atoms with Crippen molar-refractivity contribution in [2.45, 2.75) is 37.4 Å². The molecule has 1 aromatic heterocycles. The highest BCUT2D eigenvalue weighted by atomic mass is 32.2. The first kappa shape index (κ1) is 20.9. The van der Waals surface area contributed by atoms with E-state index in [1.54, 1.807) is 35.7 Å². The van der Waals surface area contributed by atoms with Gasteiger partial charge in [0.05, 0.1) is 4.92 Å². The van der Waals surface area contributed by atoms with Crippen molar-refractivity contribution < 1.29 is 9.66 Å². The molecule has 3 aromatic rings. The molecule has 2 aliphatic rings. The molecule has 1 unspecified atom stereocenters. The minimum Gasteiger partial charge on any atom is -0.482 e. The van der Waals surface area contributed by atoms with Gasteiger partial charge in [0, 0.05) is 17.9 Å². The summed E-state index contributed by atoms with van der Waals surface area (Å²) in [5.74, 6) is 1.60. The lowest BCUT2D eigenvalue weighted by molar-refractivity contribution is -0.386. The van der Waals surface area contributed by atoms with Gasteiger partial charge in [0.2, 0.25) is 5.16 Å². The van der Waals surface area contributed by atoms with Crippen LogP contribution in [0.4, 0.5) is 5.69 Å². The monoisotopic (exact) mass is 467 g/mol. The maximum absolute atomic E-state index is 11.8. The van der Waals surface area contributed by atoms with Crippen molar-refractivity contribution in [3.63, 3.8) is 0 Å². The van der Waals surface area contributed by atoms with E-state index in [0.717, 1.165) is 33.6 Å². The molecule has 1 atom stereocenters. The third-order valence-electron chi connectivity index (χ3n) is 5.13. The molecular weight excluding hydrogens is 446 g/mol. The van der Waals surface area contributed by atoms with E-state index in [1.807, 2.05) is 41.1 Å². The van der Waals surface area contributed by atoms with Crippen molar-refractivity contribution in [3.8, 4) is 5.75 Å². The first-order chi connectivity index (χ1) is 15.5. The fraction of sp³-hybridized carbons (Fsp3) is 0.273. The summed E-state index contributed by atoms with van der Waals surface area (Å²) in [6, 6.07) is 14.8. The van der Waals surface area contributed by atoms with E-state index in [9.17, 15) is 10.1 Å². The molecule has 0 radical (unpaired) electrons. The normalized spacial score (nSPS) is 16.8. The van der Waals surface area contributed by atoms with Crippen LogP contribution in [0.15, 0.2) is 64.1 Å². The van der Waals surface area contributed by atoms with E-state index in [1.165, 1.54) is 0 Å². The maximum Gasteiger partial charge on any atom is 0.311 e. The molecule has 2 aromatic carbocycles. The van der Waals surface area contributed by atoms with Crippen LogP contribution in [0.5, 0.6) is 5.75 Å². The summed E-state index contributed by atoms with van der Waals surface area (Å²) >= 11 is 3.19. The number of nitrogens with zero attached hydrogens (tertiary/aromatic N) is 5. The van der Waals surface area contributed by atoms with Gasteiger partial charge in [-0.3, -0.25) is 15.1 Å². The highest BCUT2D eigenvalue weighted by Gasteiger charge is 2.40. The minimum atomic E-state index is -0.384. The van der Waals surface area contributed by atoms with Crippen molar-refractivity contribution in [3.05, 3.63) is 86.0 Å². The Hall–Kier alpha value is -2.98. The molecule has 0 amide bonds. The van der Waals surface area contributed by atoms with Gasteiger partial charge >= 0.3 is 5.69 Å². The summed E-state index contributed by atoms with van der Waals surface area (Å²) in [6.45, 7) is 4.57. The zero-order valence-electron chi connectivity index (χ0n) is 17.5. The molecule has 0 aliphatic carbocycles. The molecule has 0 N–H and O–H groups in total. The molecular formula is C22H21N5O3S2. The first-order valence-corrected chi connectivity index (χ1v) is 12.0. The molecule has 3 heterocycles. The van der Waals surface area contributed by atoms with Crippen molar-refractivity contribution in [1.82, 2.24) is 14.9 Å². The van der Waals surface area contributed by atoms with E-state index in [0.29, 0.717) is 5.92 Å². The van der Waals surface area contributed by atoms with E-state index in [4.69, 9.17) is 4.74 Å². The van der Waals surface area contributed by atoms with Crippen LogP contribution in [0.2, 0.25) is 0 Å². The smallest absolute Gasteiger partial charge is 0.311 e. The van der Waals surface area contributed by atoms with Gasteiger partial charge in [0.25, 0.3) is 0 Å². The largest absolute Gasteiger partial charge is 0.482 e. The van der Waals surface area contributed by atoms with Crippen molar-refractivity contribution in [2.24, 2.45) is 5.92 Å². The summed E-state index contributed by atoms with van der Waals surface area (Å²) in [5, 5.41) is 26.5. The predicted octanol–water partition coefficient (Wildman–Crippen LogP) is 5.25. The van der Waals surface area contributed by atoms with Gasteiger partial charge in [0.15, 0.2) is 11.6 Å². The van der Waals surface area contributed by atoms with Gasteiger partial charge in [-0.15, -0.1) is 10.2 Å². The Balaban J connectivity index is 1.43. The van der Waals surface area contributed by atoms with Crippen LogP contribution in [0, 0.1) is 16.0 Å². The van der Waals surface area contributed by atoms with Crippen LogP contribution in [0.1, 0.15) is 36.2 Å². The Morgan fingerprint density at radius 3 is 2.75 bits per heavy atom. The number of nitro benzene ring substituents is 1. The van der Waals surface area contributed by atoms with Gasteiger partial charge < -0.3 is 4.74 Å². The number of hydrogen-bond donors (Lipinski definition) is 0. The zero-order valence-corrected chi connectivity index (χ0v) is 19.2. The number of benzene rings is 2. The number of rotatable bonds is 7. The van der Waals surface area contributed by atoms with Crippen molar-refractivity contribution >= 4 is 29.2 Å². The molecule has 8 nitrogen and oxygen atoms in total. The van der Waals surface area contributed by atoms with Gasteiger partial charge in [-0.2, -0.15) is 0 Å². The summed E-state index contributed by atoms with van der Waals surface area (Å²) in [5.41, 5.74) is 1.75. The lowest BCUT2D eigenvalue weighted by Crippen LogP contribution is -2.31. The molecule has 10 heteroatoms. The van der Waals surface area contributed by atoms with Gasteiger partial charge in [-0.25, -0.2) is 4.68 Å². The molecule has 2 aliphatic heterocycles. The van der Waals surface area contributed by atoms with E-state index < -0.39 is 0 Å². The SMILES string of the molecule is CC(C)Cc1nnc2n1N1C(=CSC1c1ccc(OCc3ccccc3)c([N+](=O)[O-])c1)S2. The van der Waals surface area contributed by atoms with E-state index in [-0.39, 0.29) is 28.3 Å². The zero-order chi connectivity index (χ0) is 22.2. The molecule has 0 fully saturated rings. The van der Waals surface area contributed by atoms with Crippen LogP contribution >= 0.6 is 23.5 Å². The first-order valence-electron chi connectivity index (χ1n) is 10.2. The summed E-state index contributed by atoms with van der Waals surface area (Å²) < 4.78 is 7.84. The lowest BCUT2D eigenvalue weighted by atomic mass is 10.1. The second kappa shape index (κ2) is 8.51. The quantitative estimate of drug-likeness (QED) is 0.344. The van der Waals surface area contributed by atoms with Crippen LogP contribution in [0.3, 0.4) is 0 Å². The van der Waals surface area contributed by atoms with Crippen LogP contribution in [-0.4, -0.2) is 19.8 Å². The molecule has 0 saturated heterocycles. The Kier molecular flexibility index (Phi) is 5.56. The average molecular weight is 468 g/mol. The van der Waals surface area contributed by atoms with Crippen LogP contribution < -0.4 is 9.75 Å². The van der Waals surface area contributed by atoms with Gasteiger partial charge in [-0.1, -0.05) is 62.0 Å². The van der Waals surface area contributed by atoms with E-state index >= 15 is 0 Å². The summed E-state index contributed by atoms with van der Waals surface area (Å²) in [6.07, 6.45) is 0.807. The number of thioether (sulfide) groups is 2. The topological polar surface area (TPSA) is 86.3 Å². The number of fused-ring (bicyclic) bond motifs is 3. The highest BCUT2D eigenvalue weighted by molar-refractivity contribution is 8.07. The third kappa shape index (κ3) is 3.84. The number of aromatic nitrogens is 3. The standard InChI is InChI=1S/C22H21N5O3S2/c1-14(2)10-19-23-24-22-25(19)26-20(32-22)13-31-21(26)16-8-9-18(17(11-16)27(28)29)30-12-15-6-4-3-5-7-15/h3-9,11,13-14,21H,10,12H2,1-2H3. The Morgan fingerprint density at radius 2 is 2.00 bits per heavy atom. The van der Waals surface area contributed by atoms with Crippen molar-refractivity contribution in [1.29, 1.82) is 0 Å². The fourth-order valence-electron chi connectivity index (χ4n) is 3.69. The third-order valence-corrected chi connectivity index (χ3v) is 7.32. The minimum absolute atomic E-state index is 0.0364. The molecule has 0 spiro atoms. The summed E-state index contributed by atoms with van der Waals surface area (Å²) in [4.78, 5) is 11.4.